The first-order valence-corrected chi connectivity index (χ1v) is 10.9. The zero-order chi connectivity index (χ0) is 23.3. The standard InChI is InChI=1S/C21H21N3O7S/c1-13(24-32(27,28)18-9-7-15(8-10-18)14(2)25)21(26)30-12-19-22-20(23-31-19)16-5-4-6-17(11-16)29-3/h4-11,13,24H,12H2,1-3H3/t13-/m1/s1. The molecule has 2 aromatic carbocycles. The molecule has 0 fully saturated rings. The SMILES string of the molecule is COc1cccc(-c2noc(COC(=O)[C@@H](C)NS(=O)(=O)c3ccc(C(C)=O)cc3)n2)c1. The van der Waals surface area contributed by atoms with Gasteiger partial charge in [0.15, 0.2) is 12.4 Å². The molecule has 0 saturated heterocycles. The Bertz CT molecular complexity index is 1220. The van der Waals surface area contributed by atoms with Gasteiger partial charge in [-0.05, 0) is 38.1 Å². The van der Waals surface area contributed by atoms with E-state index in [1.54, 1.807) is 24.3 Å². The van der Waals surface area contributed by atoms with Crippen LogP contribution < -0.4 is 9.46 Å². The Morgan fingerprint density at radius 1 is 1.16 bits per heavy atom. The fourth-order valence-electron chi connectivity index (χ4n) is 2.67. The molecule has 0 spiro atoms. The van der Waals surface area contributed by atoms with Gasteiger partial charge >= 0.3 is 5.97 Å². The topological polar surface area (TPSA) is 138 Å². The normalized spacial score (nSPS) is 12.2. The lowest BCUT2D eigenvalue weighted by Crippen LogP contribution is -2.39. The maximum atomic E-state index is 12.5. The van der Waals surface area contributed by atoms with Crippen molar-refractivity contribution >= 4 is 21.8 Å². The number of methoxy groups -OCH3 is 1. The minimum Gasteiger partial charge on any atom is -0.497 e. The molecular formula is C21H21N3O7S. The highest BCUT2D eigenvalue weighted by molar-refractivity contribution is 7.89. The fourth-order valence-corrected chi connectivity index (χ4v) is 3.86. The first-order chi connectivity index (χ1) is 15.2. The van der Waals surface area contributed by atoms with Gasteiger partial charge in [0.25, 0.3) is 5.89 Å². The van der Waals surface area contributed by atoms with Crippen LogP contribution >= 0.6 is 0 Å². The minimum atomic E-state index is -3.99. The van der Waals surface area contributed by atoms with Gasteiger partial charge in [0.2, 0.25) is 15.8 Å². The molecule has 1 N–H and O–H groups in total. The number of aromatic nitrogens is 2. The minimum absolute atomic E-state index is 0.0473. The molecule has 1 atom stereocenters. The Kier molecular flexibility index (Phi) is 7.01. The molecular weight excluding hydrogens is 438 g/mol. The molecule has 1 aromatic heterocycles. The maximum Gasteiger partial charge on any atom is 0.324 e. The van der Waals surface area contributed by atoms with Crippen molar-refractivity contribution in [3.63, 3.8) is 0 Å². The first kappa shape index (κ1) is 23.1. The number of nitrogens with zero attached hydrogens (tertiary/aromatic N) is 2. The van der Waals surface area contributed by atoms with Crippen molar-refractivity contribution in [3.05, 3.63) is 60.0 Å². The fraction of sp³-hybridized carbons (Fsp3) is 0.238. The molecule has 0 aliphatic carbocycles. The average molecular weight is 459 g/mol. The Hall–Kier alpha value is -3.57. The van der Waals surface area contributed by atoms with E-state index in [0.717, 1.165) is 0 Å². The van der Waals surface area contributed by atoms with Crippen molar-refractivity contribution in [2.75, 3.05) is 7.11 Å². The van der Waals surface area contributed by atoms with Crippen LogP contribution in [0, 0.1) is 0 Å². The molecule has 32 heavy (non-hydrogen) atoms. The van der Waals surface area contributed by atoms with Crippen molar-refractivity contribution in [3.8, 4) is 17.1 Å². The number of ketones is 1. The molecule has 0 amide bonds. The second-order valence-electron chi connectivity index (χ2n) is 6.77. The first-order valence-electron chi connectivity index (χ1n) is 9.46. The van der Waals surface area contributed by atoms with E-state index in [4.69, 9.17) is 14.0 Å². The lowest BCUT2D eigenvalue weighted by molar-refractivity contribution is -0.147. The van der Waals surface area contributed by atoms with Gasteiger partial charge in [0.1, 0.15) is 11.8 Å². The number of carbonyl (C=O) groups is 2. The van der Waals surface area contributed by atoms with Gasteiger partial charge < -0.3 is 14.0 Å². The van der Waals surface area contributed by atoms with Crippen LogP contribution in [0.3, 0.4) is 0 Å². The van der Waals surface area contributed by atoms with Crippen LogP contribution in [0.25, 0.3) is 11.4 Å². The summed E-state index contributed by atoms with van der Waals surface area (Å²) in [7, 11) is -2.46. The third-order valence-corrected chi connectivity index (χ3v) is 5.95. The highest BCUT2D eigenvalue weighted by Crippen LogP contribution is 2.21. The number of rotatable bonds is 9. The van der Waals surface area contributed by atoms with Crippen molar-refractivity contribution in [2.24, 2.45) is 0 Å². The number of nitrogens with one attached hydrogen (secondary N) is 1. The van der Waals surface area contributed by atoms with Crippen LogP contribution in [0.1, 0.15) is 30.1 Å². The summed E-state index contributed by atoms with van der Waals surface area (Å²) in [6, 6.07) is 11.2. The van der Waals surface area contributed by atoms with Crippen molar-refractivity contribution < 1.29 is 32.0 Å². The Balaban J connectivity index is 1.59. The molecule has 0 unspecified atom stereocenters. The van der Waals surface area contributed by atoms with Gasteiger partial charge in [-0.25, -0.2) is 8.42 Å². The lowest BCUT2D eigenvalue weighted by atomic mass is 10.2. The average Bonchev–Trinajstić information content (AvgIpc) is 3.26. The summed E-state index contributed by atoms with van der Waals surface area (Å²) in [4.78, 5) is 27.6. The Morgan fingerprint density at radius 3 is 2.53 bits per heavy atom. The van der Waals surface area contributed by atoms with Gasteiger partial charge in [-0.2, -0.15) is 9.71 Å². The molecule has 11 heteroatoms. The van der Waals surface area contributed by atoms with Crippen LogP contribution in [0.15, 0.2) is 57.9 Å². The molecule has 0 aliphatic heterocycles. The van der Waals surface area contributed by atoms with Crippen molar-refractivity contribution in [2.45, 2.75) is 31.4 Å². The summed E-state index contributed by atoms with van der Waals surface area (Å²) < 4.78 is 42.5. The number of sulfonamides is 1. The molecule has 0 aliphatic rings. The van der Waals surface area contributed by atoms with Crippen molar-refractivity contribution in [1.82, 2.24) is 14.9 Å². The van der Waals surface area contributed by atoms with Crippen LogP contribution in [0.2, 0.25) is 0 Å². The highest BCUT2D eigenvalue weighted by atomic mass is 32.2. The molecule has 0 radical (unpaired) electrons. The molecule has 3 rings (SSSR count). The Labute approximate surface area is 184 Å². The molecule has 1 heterocycles. The third kappa shape index (κ3) is 5.56. The summed E-state index contributed by atoms with van der Waals surface area (Å²) in [6.07, 6.45) is 0. The summed E-state index contributed by atoms with van der Waals surface area (Å²) in [6.45, 7) is 2.40. The molecule has 10 nitrogen and oxygen atoms in total. The van der Waals surface area contributed by atoms with Gasteiger partial charge in [-0.3, -0.25) is 9.59 Å². The van der Waals surface area contributed by atoms with Gasteiger partial charge in [-0.1, -0.05) is 29.4 Å². The monoisotopic (exact) mass is 459 g/mol. The second-order valence-corrected chi connectivity index (χ2v) is 8.49. The van der Waals surface area contributed by atoms with Crippen LogP contribution in [-0.4, -0.2) is 43.5 Å². The third-order valence-electron chi connectivity index (χ3n) is 4.39. The zero-order valence-corrected chi connectivity index (χ0v) is 18.4. The summed E-state index contributed by atoms with van der Waals surface area (Å²) in [5, 5.41) is 3.83. The molecule has 0 bridgehead atoms. The van der Waals surface area contributed by atoms with Gasteiger partial charge in [-0.15, -0.1) is 0 Å². The number of carbonyl (C=O) groups excluding carboxylic acids is 2. The van der Waals surface area contributed by atoms with E-state index in [2.05, 4.69) is 14.9 Å². The summed E-state index contributed by atoms with van der Waals surface area (Å²) in [5.74, 6) is -0.0504. The van der Waals surface area contributed by atoms with Crippen LogP contribution in [0.4, 0.5) is 0 Å². The molecule has 3 aromatic rings. The molecule has 168 valence electrons. The van der Waals surface area contributed by atoms with E-state index in [0.29, 0.717) is 16.9 Å². The van der Waals surface area contributed by atoms with E-state index in [1.807, 2.05) is 0 Å². The van der Waals surface area contributed by atoms with Gasteiger partial charge in [0.05, 0.1) is 12.0 Å². The number of hydrogen-bond donors (Lipinski definition) is 1. The van der Waals surface area contributed by atoms with Gasteiger partial charge in [0, 0.05) is 11.1 Å². The number of benzene rings is 2. The maximum absolute atomic E-state index is 12.5. The second kappa shape index (κ2) is 9.71. The number of Topliss-reactive ketones (excluding diaryl/α,β-unsaturated/α-hetero) is 1. The zero-order valence-electron chi connectivity index (χ0n) is 17.6. The number of ether oxygens (including phenoxy) is 2. The quantitative estimate of drug-likeness (QED) is 0.377. The predicted octanol–water partition coefficient (Wildman–Crippen LogP) is 2.36. The van der Waals surface area contributed by atoms with E-state index >= 15 is 0 Å². The summed E-state index contributed by atoms with van der Waals surface area (Å²) in [5.41, 5.74) is 1.03. The van der Waals surface area contributed by atoms with E-state index in [9.17, 15) is 18.0 Å². The number of esters is 1. The van der Waals surface area contributed by atoms with Crippen LogP contribution in [-0.2, 0) is 26.2 Å². The van der Waals surface area contributed by atoms with E-state index < -0.39 is 22.0 Å². The number of hydrogen-bond acceptors (Lipinski definition) is 9. The van der Waals surface area contributed by atoms with Crippen LogP contribution in [0.5, 0.6) is 5.75 Å². The molecule has 0 saturated carbocycles. The lowest BCUT2D eigenvalue weighted by Gasteiger charge is -2.13. The van der Waals surface area contributed by atoms with E-state index in [1.165, 1.54) is 45.2 Å². The van der Waals surface area contributed by atoms with E-state index in [-0.39, 0.29) is 29.0 Å². The summed E-state index contributed by atoms with van der Waals surface area (Å²) >= 11 is 0. The highest BCUT2D eigenvalue weighted by Gasteiger charge is 2.24. The predicted molar refractivity (Wildman–Crippen MR) is 112 cm³/mol. The smallest absolute Gasteiger partial charge is 0.324 e. The van der Waals surface area contributed by atoms with Crippen molar-refractivity contribution in [1.29, 1.82) is 0 Å². The largest absolute Gasteiger partial charge is 0.497 e. The Morgan fingerprint density at radius 2 is 1.88 bits per heavy atom.